The van der Waals surface area contributed by atoms with Crippen LogP contribution in [0.4, 0.5) is 0 Å². The van der Waals surface area contributed by atoms with Gasteiger partial charge < -0.3 is 210 Å². The van der Waals surface area contributed by atoms with Gasteiger partial charge in [0.25, 0.3) is 0 Å². The zero-order valence-corrected chi connectivity index (χ0v) is 65.6. The molecule has 0 spiro atoms. The molecule has 5 aliphatic rings. The van der Waals surface area contributed by atoms with E-state index in [1.54, 1.807) is 0 Å². The SMILES string of the molecule is O=C(OC[C@H]1O[C@H](OC(=O)c2cc(O)c(O)c(O)c2)[C@H]2OC(=O)c3cc(O)c(O)c(O)c3-c3c(cc(O)c(O)c3O)C(=O)O[C@H]2[C@@H]1OC(=O)c1cc(O)c(O)c(O)c1Oc1cc2c(c(O)c1O)-c1c(cc(O)c(O)c1O)C(=O)O[C@@H]1[C@H](OC2=O)[C@H](OC(=O)c2cc(O)c(O)c(O)c2)O[C@@H]2COC(=O)c3cc(O)c(O)c(O)c3-c3c(cc(O)c(O)c3O)C(=O)O[C@H]12)c1cc(O)c(O)c(O)c1. The highest BCUT2D eigenvalue weighted by molar-refractivity contribution is 6.12. The van der Waals surface area contributed by atoms with Crippen molar-refractivity contribution < 1.29 is 258 Å². The van der Waals surface area contributed by atoms with Gasteiger partial charge in [0.15, 0.2) is 157 Å². The number of ether oxygens (including phenoxy) is 13. The number of cyclic esters (lactones) is 1. The second kappa shape index (κ2) is 32.9. The Morgan fingerprint density at radius 1 is 0.276 bits per heavy atom. The van der Waals surface area contributed by atoms with E-state index in [1.807, 2.05) is 0 Å². The average molecular weight is 1870 g/mol. The van der Waals surface area contributed by atoms with Crippen molar-refractivity contribution >= 4 is 59.7 Å². The first-order chi connectivity index (χ1) is 63.1. The summed E-state index contributed by atoms with van der Waals surface area (Å²) in [5.74, 6) is -67.9. The second-order valence-corrected chi connectivity index (χ2v) is 29.0. The number of fused-ring (bicyclic) bond motifs is 13. The third-order valence-corrected chi connectivity index (χ3v) is 21.0. The fourth-order valence-electron chi connectivity index (χ4n) is 14.5. The Morgan fingerprint density at radius 2 is 0.567 bits per heavy atom. The summed E-state index contributed by atoms with van der Waals surface area (Å²) >= 11 is 0. The number of hydrogen-bond acceptors (Lipinski definition) is 52. The molecule has 52 heteroatoms. The first kappa shape index (κ1) is 89.6. The molecular weight excluding hydrogens is 1820 g/mol. The van der Waals surface area contributed by atoms with Crippen LogP contribution in [0.5, 0.6) is 178 Å². The van der Waals surface area contributed by atoms with Gasteiger partial charge in [-0.15, -0.1) is 0 Å². The lowest BCUT2D eigenvalue weighted by molar-refractivity contribution is -0.283. The summed E-state index contributed by atoms with van der Waals surface area (Å²) in [4.78, 5) is 150. The molecule has 0 amide bonds. The first-order valence-corrected chi connectivity index (χ1v) is 37.1. The van der Waals surface area contributed by atoms with Gasteiger partial charge in [-0.05, 0) is 66.7 Å². The molecule has 2 saturated heterocycles. The smallest absolute Gasteiger partial charge is 0.342 e. The Labute approximate surface area is 735 Å². The Bertz CT molecular complexity index is 6800. The normalized spacial score (nSPS) is 19.5. The van der Waals surface area contributed by atoms with Crippen LogP contribution in [0.2, 0.25) is 0 Å². The van der Waals surface area contributed by atoms with Crippen LogP contribution in [0.25, 0.3) is 33.4 Å². The maximum atomic E-state index is 15.8. The zero-order chi connectivity index (χ0) is 97.5. The first-order valence-electron chi connectivity index (χ1n) is 37.1. The fourth-order valence-corrected chi connectivity index (χ4v) is 14.5. The lowest BCUT2D eigenvalue weighted by Gasteiger charge is -2.44. The number of phenols is 29. The van der Waals surface area contributed by atoms with Crippen LogP contribution in [0.15, 0.2) is 78.9 Å². The molecule has 52 nitrogen and oxygen atoms in total. The highest BCUT2D eigenvalue weighted by Gasteiger charge is 2.59. The predicted octanol–water partition coefficient (Wildman–Crippen LogP) is 3.71. The average Bonchev–Trinajstić information content (AvgIpc) is 0.816. The summed E-state index contributed by atoms with van der Waals surface area (Å²) in [6.07, 6.45) is -28.7. The molecule has 0 aliphatic carbocycles. The van der Waals surface area contributed by atoms with E-state index in [4.69, 9.17) is 61.6 Å². The summed E-state index contributed by atoms with van der Waals surface area (Å²) in [7, 11) is 0. The molecule has 2 fully saturated rings. The largest absolute Gasteiger partial charge is 0.504 e. The van der Waals surface area contributed by atoms with Gasteiger partial charge >= 0.3 is 59.7 Å². The zero-order valence-electron chi connectivity index (χ0n) is 65.6. The second-order valence-electron chi connectivity index (χ2n) is 29.0. The van der Waals surface area contributed by atoms with Crippen molar-refractivity contribution in [3.63, 3.8) is 0 Å². The molecule has 0 unspecified atom stereocenters. The Hall–Kier alpha value is -19.2. The van der Waals surface area contributed by atoms with Gasteiger partial charge in [0.05, 0.1) is 50.1 Å². The number of benzene rings is 10. The van der Waals surface area contributed by atoms with Gasteiger partial charge in [-0.25, -0.2) is 47.9 Å². The van der Waals surface area contributed by atoms with E-state index in [2.05, 4.69) is 0 Å². The van der Waals surface area contributed by atoms with E-state index in [1.165, 1.54) is 0 Å². The monoisotopic (exact) mass is 1870 g/mol. The van der Waals surface area contributed by atoms with E-state index >= 15 is 28.8 Å². The molecule has 134 heavy (non-hydrogen) atoms. The van der Waals surface area contributed by atoms with Crippen molar-refractivity contribution in [3.05, 3.63) is 134 Å². The molecule has 5 aliphatic heterocycles. The van der Waals surface area contributed by atoms with Crippen molar-refractivity contribution in [3.8, 4) is 212 Å². The number of aromatic hydroxyl groups is 29. The summed E-state index contributed by atoms with van der Waals surface area (Å²) in [5.41, 5.74) is -20.9. The van der Waals surface area contributed by atoms with E-state index < -0.39 is 402 Å². The molecule has 10 aromatic carbocycles. The van der Waals surface area contributed by atoms with Crippen molar-refractivity contribution in [2.75, 3.05) is 13.2 Å². The Balaban J connectivity index is 0.888. The fraction of sp³-hybridized carbons (Fsp3) is 0.146. The molecular formula is C82H56O52. The number of rotatable bonds is 11. The van der Waals surface area contributed by atoms with Gasteiger partial charge in [-0.1, -0.05) is 0 Å². The standard InChI is InChI=1S/C82H56O52/c83-26-1-16(2-27(84)47(26)95)71(112)122-14-39-66(68-69(81(125-39)133-72(113)17-3-28(85)48(96)29(86)4-17)131-78(119)23-11-36(93)53(101)60(108)44(23)43-21(76(117)130-68)9-34(91)52(100)59(43)107)128-80(121)25-12-37(94)55(103)63(111)64(25)124-38-13-24-46(62(110)56(38)104)45-22(10-35(92)54(102)61(45)109)77(118)129-67-65-40(126-82(70(67)132-79(24)120)134-73(114)18-5-30(87)49(97)31(88)6-18)15-123-74(115)19-7-32(89)50(98)57(105)41(19)42-20(75(116)127-65)8-33(90)51(99)58(42)106/h1-13,39-40,65-70,81-111H,14-15H2/t39-,40-,65+,66-,67+,68+,69+,70+,81-,82+/m1/s1. The molecule has 696 valence electrons. The highest BCUT2D eigenvalue weighted by atomic mass is 16.8. The summed E-state index contributed by atoms with van der Waals surface area (Å²) in [6, 6.07) is 3.96. The molecule has 10 aromatic rings. The lowest BCUT2D eigenvalue weighted by Crippen LogP contribution is -2.63. The van der Waals surface area contributed by atoms with Crippen LogP contribution in [0.1, 0.15) is 104 Å². The van der Waals surface area contributed by atoms with Crippen LogP contribution in [0.3, 0.4) is 0 Å². The predicted molar refractivity (Wildman–Crippen MR) is 414 cm³/mol. The van der Waals surface area contributed by atoms with E-state index in [-0.39, 0.29) is 36.4 Å². The summed E-state index contributed by atoms with van der Waals surface area (Å²) in [5, 5.41) is 320. The third-order valence-electron chi connectivity index (χ3n) is 21.0. The summed E-state index contributed by atoms with van der Waals surface area (Å²) in [6.45, 7) is -3.16. The van der Waals surface area contributed by atoms with E-state index in [0.717, 1.165) is 0 Å². The van der Waals surface area contributed by atoms with Gasteiger partial charge in [-0.3, -0.25) is 0 Å². The minimum atomic E-state index is -3.03. The Morgan fingerprint density at radius 3 is 0.948 bits per heavy atom. The molecule has 0 saturated carbocycles. The minimum Gasteiger partial charge on any atom is -0.504 e. The summed E-state index contributed by atoms with van der Waals surface area (Å²) < 4.78 is 74.6. The third kappa shape index (κ3) is 15.0. The van der Waals surface area contributed by atoms with Gasteiger partial charge in [-0.2, -0.15) is 0 Å². The van der Waals surface area contributed by atoms with Crippen LogP contribution in [-0.2, 0) is 56.8 Å². The van der Waals surface area contributed by atoms with E-state index in [9.17, 15) is 167 Å². The van der Waals surface area contributed by atoms with Gasteiger partial charge in [0.2, 0.25) is 70.8 Å². The molecule has 10 atom stereocenters. The maximum absolute atomic E-state index is 15.8. The van der Waals surface area contributed by atoms with Crippen LogP contribution in [0, 0.1) is 0 Å². The van der Waals surface area contributed by atoms with Crippen molar-refractivity contribution in [2.45, 2.75) is 61.4 Å². The number of esters is 10. The van der Waals surface area contributed by atoms with Crippen molar-refractivity contribution in [2.24, 2.45) is 0 Å². The molecule has 29 N–H and O–H groups in total. The van der Waals surface area contributed by atoms with Gasteiger partial charge in [0, 0.05) is 45.5 Å². The van der Waals surface area contributed by atoms with E-state index in [0.29, 0.717) is 42.5 Å². The van der Waals surface area contributed by atoms with Crippen molar-refractivity contribution in [1.82, 2.24) is 0 Å². The molecule has 0 aromatic heterocycles. The van der Waals surface area contributed by atoms with Crippen LogP contribution < -0.4 is 4.74 Å². The molecule has 15 rings (SSSR count). The molecule has 0 bridgehead atoms. The quantitative estimate of drug-likeness (QED) is 0.0498. The minimum absolute atomic E-state index is 0.0556. The lowest BCUT2D eigenvalue weighted by atomic mass is 9.90. The number of hydrogen-bond donors (Lipinski definition) is 29. The topological polar surface area (TPSA) is 877 Å². The molecule has 0 radical (unpaired) electrons. The molecule has 5 heterocycles. The number of carbonyl (C=O) groups is 10. The number of phenolic OH excluding ortho intramolecular Hbond substituents is 29. The number of carbonyl (C=O) groups excluding carboxylic acids is 10. The maximum Gasteiger partial charge on any atom is 0.342 e. The Kier molecular flexibility index (Phi) is 22.0. The van der Waals surface area contributed by atoms with Gasteiger partial charge in [0.1, 0.15) is 31.0 Å². The van der Waals surface area contributed by atoms with Crippen molar-refractivity contribution in [1.29, 1.82) is 0 Å². The highest BCUT2D eigenvalue weighted by Crippen LogP contribution is 2.60. The van der Waals surface area contributed by atoms with Crippen LogP contribution >= 0.6 is 0 Å². The van der Waals surface area contributed by atoms with Crippen LogP contribution in [-0.4, -0.2) is 282 Å².